The summed E-state index contributed by atoms with van der Waals surface area (Å²) in [6, 6.07) is 0. The molecule has 1 saturated heterocycles. The summed E-state index contributed by atoms with van der Waals surface area (Å²) < 4.78 is 7.69. The summed E-state index contributed by atoms with van der Waals surface area (Å²) in [7, 11) is 3.02. The molecule has 23 heavy (non-hydrogen) atoms. The van der Waals surface area contributed by atoms with Crippen molar-refractivity contribution < 1.29 is 9.73 Å². The molecule has 1 aromatic heterocycles. The molecule has 0 unspecified atom stereocenters. The third kappa shape index (κ3) is 3.15. The van der Waals surface area contributed by atoms with Crippen molar-refractivity contribution in [2.45, 2.75) is 6.42 Å². The van der Waals surface area contributed by atoms with Crippen molar-refractivity contribution in [2.75, 3.05) is 39.4 Å². The lowest BCUT2D eigenvalue weighted by molar-refractivity contribution is -0.459. The molecule has 0 radical (unpaired) electrons. The van der Waals surface area contributed by atoms with E-state index in [-0.39, 0.29) is 5.36 Å². The molecular weight excluding hydrogens is 300 g/mol. The first-order valence-corrected chi connectivity index (χ1v) is 7.72. The molecule has 0 bridgehead atoms. The van der Waals surface area contributed by atoms with E-state index in [4.69, 9.17) is 4.74 Å². The number of aromatic nitrogens is 2. The summed E-state index contributed by atoms with van der Waals surface area (Å²) in [5, 5.41) is 0.213. The summed E-state index contributed by atoms with van der Waals surface area (Å²) in [6.07, 6.45) is 0.946. The van der Waals surface area contributed by atoms with Gasteiger partial charge in [-0.25, -0.2) is 4.79 Å². The summed E-state index contributed by atoms with van der Waals surface area (Å²) in [5.41, 5.74) is -0.507. The van der Waals surface area contributed by atoms with Crippen LogP contribution in [-0.4, -0.2) is 59.4 Å². The van der Waals surface area contributed by atoms with Crippen LogP contribution in [0.1, 0.15) is 6.42 Å². The molecule has 0 aromatic carbocycles. The molecule has 0 amide bonds. The van der Waals surface area contributed by atoms with Crippen LogP contribution in [0.15, 0.2) is 19.6 Å². The Bertz CT molecular complexity index is 860. The molecule has 0 spiro atoms. The summed E-state index contributed by atoms with van der Waals surface area (Å²) >= 11 is 0. The van der Waals surface area contributed by atoms with Crippen molar-refractivity contribution in [1.82, 2.24) is 14.0 Å². The lowest BCUT2D eigenvalue weighted by Crippen LogP contribution is -2.72. The Hall–Kier alpha value is -2.13. The fourth-order valence-electron chi connectivity index (χ4n) is 2.68. The first-order valence-electron chi connectivity index (χ1n) is 7.72. The number of nitrogens with zero attached hydrogens (tertiary/aromatic N) is 5. The molecular formula is C14H21N6O3+. The molecule has 1 fully saturated rings. The van der Waals surface area contributed by atoms with E-state index in [1.165, 1.54) is 11.6 Å². The highest BCUT2D eigenvalue weighted by Gasteiger charge is 2.21. The Labute approximate surface area is 132 Å². The van der Waals surface area contributed by atoms with Crippen molar-refractivity contribution in [3.63, 3.8) is 0 Å². The fraction of sp³-hybridized carbons (Fsp3) is 0.643. The zero-order chi connectivity index (χ0) is 16.4. The second kappa shape index (κ2) is 6.55. The van der Waals surface area contributed by atoms with Crippen LogP contribution < -0.4 is 27.1 Å². The Balaban J connectivity index is 1.71. The first-order chi connectivity index (χ1) is 11.1. The van der Waals surface area contributed by atoms with Crippen molar-refractivity contribution in [3.8, 4) is 0 Å². The third-order valence-electron chi connectivity index (χ3n) is 4.08. The normalized spacial score (nSPS) is 19.5. The molecule has 1 N–H and O–H groups in total. The van der Waals surface area contributed by atoms with E-state index in [2.05, 4.69) is 19.9 Å². The SMILES string of the molecule is Cn1c(=O)c2c(n(C)c1=O)=NC(=[NH+]CCCN1CCOCC1)N=2. The maximum Gasteiger partial charge on any atom is 0.429 e. The molecule has 0 saturated carbocycles. The molecule has 3 heterocycles. The Kier molecular flexibility index (Phi) is 4.49. The van der Waals surface area contributed by atoms with E-state index >= 15 is 0 Å². The largest absolute Gasteiger partial charge is 0.429 e. The van der Waals surface area contributed by atoms with Crippen LogP contribution in [0.3, 0.4) is 0 Å². The van der Waals surface area contributed by atoms with Crippen molar-refractivity contribution in [2.24, 2.45) is 24.1 Å². The molecule has 2 aliphatic rings. The lowest BCUT2D eigenvalue weighted by Gasteiger charge is -2.25. The highest BCUT2D eigenvalue weighted by molar-refractivity contribution is 5.77. The second-order valence-corrected chi connectivity index (χ2v) is 5.66. The van der Waals surface area contributed by atoms with E-state index in [0.29, 0.717) is 18.0 Å². The van der Waals surface area contributed by atoms with Crippen molar-refractivity contribution in [1.29, 1.82) is 0 Å². The topological polar surface area (TPSA) is 95.2 Å². The Morgan fingerprint density at radius 3 is 2.61 bits per heavy atom. The van der Waals surface area contributed by atoms with Gasteiger partial charge in [0.1, 0.15) is 0 Å². The van der Waals surface area contributed by atoms with Gasteiger partial charge in [-0.1, -0.05) is 4.99 Å². The maximum absolute atomic E-state index is 12.1. The van der Waals surface area contributed by atoms with Gasteiger partial charge in [-0.05, 0) is 11.4 Å². The van der Waals surface area contributed by atoms with Crippen molar-refractivity contribution >= 4 is 5.96 Å². The van der Waals surface area contributed by atoms with Crippen LogP contribution >= 0.6 is 0 Å². The third-order valence-corrected chi connectivity index (χ3v) is 4.08. The van der Waals surface area contributed by atoms with Crippen LogP contribution in [0.25, 0.3) is 0 Å². The molecule has 1 aromatic rings. The van der Waals surface area contributed by atoms with E-state index < -0.39 is 11.2 Å². The summed E-state index contributed by atoms with van der Waals surface area (Å²) in [6.45, 7) is 5.22. The number of rotatable bonds is 4. The predicted octanol–water partition coefficient (Wildman–Crippen LogP) is -4.50. The summed E-state index contributed by atoms with van der Waals surface area (Å²) in [4.78, 5) is 37.9. The molecule has 9 heteroatoms. The monoisotopic (exact) mass is 321 g/mol. The Morgan fingerprint density at radius 1 is 1.13 bits per heavy atom. The molecule has 124 valence electrons. The fourth-order valence-corrected chi connectivity index (χ4v) is 2.68. The van der Waals surface area contributed by atoms with Gasteiger partial charge in [0, 0.05) is 33.7 Å². The van der Waals surface area contributed by atoms with E-state index in [1.54, 1.807) is 7.05 Å². The van der Waals surface area contributed by atoms with Crippen LogP contribution in [0, 0.1) is 0 Å². The van der Waals surface area contributed by atoms with Gasteiger partial charge in [0.25, 0.3) is 10.8 Å². The maximum atomic E-state index is 12.1. The number of hydrogen-bond donors (Lipinski definition) is 1. The van der Waals surface area contributed by atoms with E-state index in [9.17, 15) is 9.59 Å². The van der Waals surface area contributed by atoms with Gasteiger partial charge < -0.3 is 4.74 Å². The quantitative estimate of drug-likeness (QED) is 0.566. The number of guanidine groups is 1. The average molecular weight is 321 g/mol. The van der Waals surface area contributed by atoms with Gasteiger partial charge >= 0.3 is 17.2 Å². The van der Waals surface area contributed by atoms with Gasteiger partial charge in [-0.2, -0.15) is 0 Å². The minimum absolute atomic E-state index is 0.213. The average Bonchev–Trinajstić information content (AvgIpc) is 3.00. The molecule has 0 atom stereocenters. The molecule has 2 aliphatic heterocycles. The second-order valence-electron chi connectivity index (χ2n) is 5.66. The smallest absolute Gasteiger partial charge is 0.379 e. The van der Waals surface area contributed by atoms with Crippen LogP contribution in [0.5, 0.6) is 0 Å². The van der Waals surface area contributed by atoms with Gasteiger partial charge in [0.15, 0.2) is 0 Å². The van der Waals surface area contributed by atoms with Gasteiger partial charge in [0.2, 0.25) is 0 Å². The van der Waals surface area contributed by atoms with Crippen LogP contribution in [-0.2, 0) is 18.8 Å². The minimum atomic E-state index is -0.419. The lowest BCUT2D eigenvalue weighted by atomic mass is 10.3. The molecule has 9 nitrogen and oxygen atoms in total. The van der Waals surface area contributed by atoms with Crippen LogP contribution in [0.4, 0.5) is 0 Å². The zero-order valence-corrected chi connectivity index (χ0v) is 13.4. The number of morpholine rings is 1. The minimum Gasteiger partial charge on any atom is -0.379 e. The van der Waals surface area contributed by atoms with Gasteiger partial charge in [-0.3, -0.25) is 23.8 Å². The van der Waals surface area contributed by atoms with E-state index in [0.717, 1.165) is 43.8 Å². The standard InChI is InChI=1S/C14H20N6O3/c1-18-11-10(12(21)19(2)14(18)22)16-13(17-11)15-4-3-5-20-6-8-23-9-7-20/h3-9H2,1-2H3/p+1. The predicted molar refractivity (Wildman–Crippen MR) is 81.9 cm³/mol. The first kappa shape index (κ1) is 15.8. The van der Waals surface area contributed by atoms with E-state index in [1.807, 2.05) is 0 Å². The van der Waals surface area contributed by atoms with Crippen molar-refractivity contribution in [3.05, 3.63) is 31.7 Å². The summed E-state index contributed by atoms with van der Waals surface area (Å²) in [5.74, 6) is 0.389. The highest BCUT2D eigenvalue weighted by atomic mass is 16.5. The Morgan fingerprint density at radius 2 is 1.87 bits per heavy atom. The van der Waals surface area contributed by atoms with Crippen LogP contribution in [0.2, 0.25) is 0 Å². The highest BCUT2D eigenvalue weighted by Crippen LogP contribution is 1.96. The number of nitrogens with one attached hydrogen (secondary N) is 1. The number of ether oxygens (including phenoxy) is 1. The van der Waals surface area contributed by atoms with Gasteiger partial charge in [0.05, 0.1) is 19.8 Å². The van der Waals surface area contributed by atoms with Gasteiger partial charge in [-0.15, -0.1) is 0 Å². The number of hydrogen-bond acceptors (Lipinski definition) is 4. The molecule has 0 aliphatic carbocycles. The molecule has 3 rings (SSSR count). The zero-order valence-electron chi connectivity index (χ0n) is 13.4. The number of fused-ring (bicyclic) bond motifs is 1.